The fraction of sp³-hybridized carbons (Fsp3) is 0.222. The van der Waals surface area contributed by atoms with Crippen LogP contribution in [0.25, 0.3) is 11.0 Å². The number of hydrogen-bond donors (Lipinski definition) is 3. The molecule has 0 aliphatic carbocycles. The summed E-state index contributed by atoms with van der Waals surface area (Å²) in [5, 5.41) is 2.97. The average Bonchev–Trinajstić information content (AvgIpc) is 2.18. The van der Waals surface area contributed by atoms with Gasteiger partial charge in [0, 0.05) is 0 Å². The van der Waals surface area contributed by atoms with E-state index in [1.807, 2.05) is 6.92 Å². The number of aromatic amines is 1. The van der Waals surface area contributed by atoms with Crippen molar-refractivity contribution in [2.45, 2.75) is 12.3 Å². The first kappa shape index (κ1) is 9.97. The lowest BCUT2D eigenvalue weighted by Gasteiger charge is -2.07. The van der Waals surface area contributed by atoms with Crippen molar-refractivity contribution < 1.29 is 0 Å². The zero-order valence-corrected chi connectivity index (χ0v) is 8.95. The van der Waals surface area contributed by atoms with Crippen LogP contribution < -0.4 is 10.9 Å². The Morgan fingerprint density at radius 2 is 2.33 bits per heavy atom. The van der Waals surface area contributed by atoms with E-state index in [2.05, 4.69) is 32.9 Å². The summed E-state index contributed by atoms with van der Waals surface area (Å²) in [4.78, 5) is 22.0. The smallest absolute Gasteiger partial charge is 0.277 e. The molecule has 0 fully saturated rings. The van der Waals surface area contributed by atoms with Crippen LogP contribution in [0.1, 0.15) is 6.92 Å². The first-order chi connectivity index (χ1) is 7.16. The molecule has 0 aliphatic heterocycles. The Morgan fingerprint density at radius 1 is 1.53 bits per heavy atom. The van der Waals surface area contributed by atoms with Crippen LogP contribution in [0, 0.1) is 0 Å². The van der Waals surface area contributed by atoms with Crippen molar-refractivity contribution in [3.05, 3.63) is 28.8 Å². The van der Waals surface area contributed by atoms with Crippen molar-refractivity contribution in [2.75, 3.05) is 5.32 Å². The molecule has 0 saturated carbocycles. The van der Waals surface area contributed by atoms with E-state index in [0.717, 1.165) is 0 Å². The lowest BCUT2D eigenvalue weighted by atomic mass is 10.3. The second-order valence-electron chi connectivity index (χ2n) is 3.12. The third kappa shape index (κ3) is 2.10. The molecule has 2 N–H and O–H groups in total. The van der Waals surface area contributed by atoms with Crippen LogP contribution in [0.15, 0.2) is 23.3 Å². The molecule has 0 bridgehead atoms. The lowest BCUT2D eigenvalue weighted by molar-refractivity contribution is 1.09. The average molecular weight is 222 g/mol. The molecule has 2 aromatic heterocycles. The van der Waals surface area contributed by atoms with Gasteiger partial charge in [0.1, 0.15) is 5.82 Å². The first-order valence-electron chi connectivity index (χ1n) is 4.46. The van der Waals surface area contributed by atoms with Crippen molar-refractivity contribution in [3.8, 4) is 0 Å². The summed E-state index contributed by atoms with van der Waals surface area (Å²) in [6.45, 7) is 1.88. The highest BCUT2D eigenvalue weighted by Gasteiger charge is 2.03. The quantitative estimate of drug-likeness (QED) is 0.524. The van der Waals surface area contributed by atoms with Gasteiger partial charge in [-0.25, -0.2) is 9.97 Å². The third-order valence-corrected chi connectivity index (χ3v) is 1.97. The summed E-state index contributed by atoms with van der Waals surface area (Å²) in [5.74, 6) is 0.614. The van der Waals surface area contributed by atoms with Gasteiger partial charge in [0.2, 0.25) is 0 Å². The standard InChI is InChI=1S/C9H10N4OS/c1-5(15)12-7-3-2-6-8(13-7)9(14)11-4-10-6/h2-5,15H,1H3,(H,12,13)(H,10,11,14). The van der Waals surface area contributed by atoms with Gasteiger partial charge in [0.05, 0.1) is 17.2 Å². The zero-order valence-electron chi connectivity index (χ0n) is 8.06. The molecule has 0 amide bonds. The van der Waals surface area contributed by atoms with Crippen LogP contribution in [0.4, 0.5) is 5.82 Å². The number of nitrogens with one attached hydrogen (secondary N) is 2. The number of anilines is 1. The molecule has 5 nitrogen and oxygen atoms in total. The molecule has 0 spiro atoms. The minimum atomic E-state index is -0.240. The number of aromatic nitrogens is 3. The van der Waals surface area contributed by atoms with E-state index in [4.69, 9.17) is 0 Å². The van der Waals surface area contributed by atoms with Gasteiger partial charge in [-0.3, -0.25) is 4.79 Å². The van der Waals surface area contributed by atoms with Crippen molar-refractivity contribution in [1.82, 2.24) is 15.0 Å². The van der Waals surface area contributed by atoms with Crippen molar-refractivity contribution in [1.29, 1.82) is 0 Å². The summed E-state index contributed by atoms with van der Waals surface area (Å²) >= 11 is 4.18. The number of H-pyrrole nitrogens is 1. The molecule has 2 heterocycles. The topological polar surface area (TPSA) is 70.7 Å². The molecule has 6 heteroatoms. The van der Waals surface area contributed by atoms with Crippen LogP contribution in [-0.2, 0) is 0 Å². The van der Waals surface area contributed by atoms with Crippen LogP contribution in [0.5, 0.6) is 0 Å². The number of nitrogens with zero attached hydrogens (tertiary/aromatic N) is 2. The number of fused-ring (bicyclic) bond motifs is 1. The van der Waals surface area contributed by atoms with E-state index in [-0.39, 0.29) is 10.9 Å². The second kappa shape index (κ2) is 3.90. The van der Waals surface area contributed by atoms with Crippen LogP contribution in [0.2, 0.25) is 0 Å². The third-order valence-electron chi connectivity index (χ3n) is 1.85. The van der Waals surface area contributed by atoms with Crippen LogP contribution in [-0.4, -0.2) is 20.3 Å². The molecule has 0 aliphatic rings. The Bertz CT molecular complexity index is 537. The second-order valence-corrected chi connectivity index (χ2v) is 3.89. The SMILES string of the molecule is CC(S)Nc1ccc2nc[nH]c(=O)c2n1. The minimum absolute atomic E-state index is 0.0225. The highest BCUT2D eigenvalue weighted by molar-refractivity contribution is 7.81. The minimum Gasteiger partial charge on any atom is -0.359 e. The summed E-state index contributed by atoms with van der Waals surface area (Å²) < 4.78 is 0. The van der Waals surface area contributed by atoms with E-state index in [9.17, 15) is 4.79 Å². The van der Waals surface area contributed by atoms with Crippen molar-refractivity contribution in [3.63, 3.8) is 0 Å². The Hall–Kier alpha value is -1.56. The largest absolute Gasteiger partial charge is 0.359 e. The predicted octanol–water partition coefficient (Wildman–Crippen LogP) is 1.01. The zero-order chi connectivity index (χ0) is 10.8. The van der Waals surface area contributed by atoms with Gasteiger partial charge < -0.3 is 10.3 Å². The maximum atomic E-state index is 11.4. The molecule has 2 rings (SSSR count). The van der Waals surface area contributed by atoms with Gasteiger partial charge in [-0.2, -0.15) is 12.6 Å². The van der Waals surface area contributed by atoms with Crippen LogP contribution >= 0.6 is 12.6 Å². The number of rotatable bonds is 2. The fourth-order valence-electron chi connectivity index (χ4n) is 1.25. The molecule has 2 aromatic rings. The van der Waals surface area contributed by atoms with Crippen LogP contribution in [0.3, 0.4) is 0 Å². The molecule has 0 aromatic carbocycles. The van der Waals surface area contributed by atoms with Crippen molar-refractivity contribution >= 4 is 29.5 Å². The maximum Gasteiger partial charge on any atom is 0.277 e. The molecule has 78 valence electrons. The van der Waals surface area contributed by atoms with Gasteiger partial charge in [-0.15, -0.1) is 0 Å². The normalized spacial score (nSPS) is 12.7. The maximum absolute atomic E-state index is 11.4. The van der Waals surface area contributed by atoms with E-state index < -0.39 is 0 Å². The molecular formula is C9H10N4OS. The number of thiol groups is 1. The number of hydrogen-bond acceptors (Lipinski definition) is 5. The van der Waals surface area contributed by atoms with Gasteiger partial charge in [0.15, 0.2) is 5.52 Å². The van der Waals surface area contributed by atoms with Gasteiger partial charge in [-0.1, -0.05) is 0 Å². The molecule has 1 unspecified atom stereocenters. The predicted molar refractivity (Wildman–Crippen MR) is 62.2 cm³/mol. The fourth-order valence-corrected chi connectivity index (χ4v) is 1.38. The molecule has 15 heavy (non-hydrogen) atoms. The molecule has 0 radical (unpaired) electrons. The van der Waals surface area contributed by atoms with Crippen molar-refractivity contribution in [2.24, 2.45) is 0 Å². The Balaban J connectivity index is 2.55. The lowest BCUT2D eigenvalue weighted by Crippen LogP contribution is -2.12. The van der Waals surface area contributed by atoms with Gasteiger partial charge >= 0.3 is 0 Å². The highest BCUT2D eigenvalue weighted by atomic mass is 32.1. The summed E-state index contributed by atoms with van der Waals surface area (Å²) in [6, 6.07) is 3.51. The van der Waals surface area contributed by atoms with E-state index >= 15 is 0 Å². The molecule has 1 atom stereocenters. The highest BCUT2D eigenvalue weighted by Crippen LogP contribution is 2.10. The summed E-state index contributed by atoms with van der Waals surface area (Å²) in [7, 11) is 0. The Labute approximate surface area is 91.4 Å². The van der Waals surface area contributed by atoms with E-state index in [1.54, 1.807) is 12.1 Å². The monoisotopic (exact) mass is 222 g/mol. The van der Waals surface area contributed by atoms with E-state index in [0.29, 0.717) is 16.9 Å². The van der Waals surface area contributed by atoms with Gasteiger partial charge in [-0.05, 0) is 19.1 Å². The first-order valence-corrected chi connectivity index (χ1v) is 4.97. The summed E-state index contributed by atoms with van der Waals surface area (Å²) in [5.41, 5.74) is 0.670. The summed E-state index contributed by atoms with van der Waals surface area (Å²) in [6.07, 6.45) is 1.36. The Kier molecular flexibility index (Phi) is 2.59. The molecule has 0 saturated heterocycles. The molecular weight excluding hydrogens is 212 g/mol. The number of pyridine rings is 1. The van der Waals surface area contributed by atoms with Gasteiger partial charge in [0.25, 0.3) is 5.56 Å². The Morgan fingerprint density at radius 3 is 3.07 bits per heavy atom. The van der Waals surface area contributed by atoms with E-state index in [1.165, 1.54) is 6.33 Å².